The van der Waals surface area contributed by atoms with Gasteiger partial charge in [0.15, 0.2) is 5.16 Å². The normalized spacial score (nSPS) is 12.4. The Morgan fingerprint density at radius 3 is 2.65 bits per heavy atom. The molecule has 0 bridgehead atoms. The lowest BCUT2D eigenvalue weighted by Crippen LogP contribution is -2.14. The Hall–Kier alpha value is -1.53. The second kappa shape index (κ2) is 6.28. The fourth-order valence-corrected chi connectivity index (χ4v) is 3.02. The fraction of sp³-hybridized carbons (Fsp3) is 0.429. The molecular weight excluding hydrogens is 272 g/mol. The summed E-state index contributed by atoms with van der Waals surface area (Å²) in [5.74, 6) is 1.79. The Bertz CT molecular complexity index is 597. The van der Waals surface area contributed by atoms with Gasteiger partial charge in [0.25, 0.3) is 0 Å². The number of aromatic nitrogens is 3. The van der Waals surface area contributed by atoms with Gasteiger partial charge in [0.05, 0.1) is 7.11 Å². The van der Waals surface area contributed by atoms with Crippen LogP contribution in [0.25, 0.3) is 0 Å². The topological polar surface area (TPSA) is 52.0 Å². The molecule has 0 radical (unpaired) electrons. The summed E-state index contributed by atoms with van der Waals surface area (Å²) < 4.78 is 7.47. The van der Waals surface area contributed by atoms with Crippen molar-refractivity contribution in [2.45, 2.75) is 29.9 Å². The van der Waals surface area contributed by atoms with Crippen LogP contribution in [0.4, 0.5) is 0 Å². The van der Waals surface area contributed by atoms with Crippen LogP contribution in [0.15, 0.2) is 28.3 Å². The summed E-state index contributed by atoms with van der Waals surface area (Å²) in [4.78, 5) is 1.13. The van der Waals surface area contributed by atoms with E-state index in [0.717, 1.165) is 27.2 Å². The zero-order chi connectivity index (χ0) is 14.7. The van der Waals surface area contributed by atoms with Gasteiger partial charge in [-0.3, -0.25) is 0 Å². The van der Waals surface area contributed by atoms with Gasteiger partial charge in [-0.05, 0) is 44.8 Å². The standard InChI is InChI=1S/C14H20N4OS/c1-9(15-3)13-11(19-5)7-6-8-12(13)20-14-17-16-10(2)18(14)4/h6-9,15H,1-5H3. The minimum Gasteiger partial charge on any atom is -0.496 e. The molecular formula is C14H20N4OS. The lowest BCUT2D eigenvalue weighted by molar-refractivity contribution is 0.401. The largest absolute Gasteiger partial charge is 0.496 e. The molecule has 1 aromatic heterocycles. The number of hydrogen-bond donors (Lipinski definition) is 1. The van der Waals surface area contributed by atoms with Crippen LogP contribution >= 0.6 is 11.8 Å². The third-order valence-electron chi connectivity index (χ3n) is 3.37. The van der Waals surface area contributed by atoms with Gasteiger partial charge in [0, 0.05) is 23.5 Å². The fourth-order valence-electron chi connectivity index (χ4n) is 1.94. The molecule has 6 heteroatoms. The molecule has 5 nitrogen and oxygen atoms in total. The lowest BCUT2D eigenvalue weighted by atomic mass is 10.1. The Morgan fingerprint density at radius 2 is 2.10 bits per heavy atom. The summed E-state index contributed by atoms with van der Waals surface area (Å²) in [6.45, 7) is 4.06. The number of hydrogen-bond acceptors (Lipinski definition) is 5. The SMILES string of the molecule is CNC(C)c1c(OC)cccc1Sc1nnc(C)n1C. The second-order valence-electron chi connectivity index (χ2n) is 4.57. The molecule has 1 aromatic carbocycles. The van der Waals surface area contributed by atoms with Crippen LogP contribution in [0.2, 0.25) is 0 Å². The Balaban J connectivity index is 2.43. The van der Waals surface area contributed by atoms with Gasteiger partial charge >= 0.3 is 0 Å². The van der Waals surface area contributed by atoms with Gasteiger partial charge in [-0.1, -0.05) is 6.07 Å². The summed E-state index contributed by atoms with van der Waals surface area (Å²) in [7, 11) is 5.61. The number of ether oxygens (including phenoxy) is 1. The predicted molar refractivity (Wildman–Crippen MR) is 80.3 cm³/mol. The summed E-state index contributed by atoms with van der Waals surface area (Å²) in [5, 5.41) is 12.4. The van der Waals surface area contributed by atoms with Crippen LogP contribution < -0.4 is 10.1 Å². The quantitative estimate of drug-likeness (QED) is 0.918. The average Bonchev–Trinajstić information content (AvgIpc) is 2.78. The Morgan fingerprint density at radius 1 is 1.35 bits per heavy atom. The first-order valence-corrected chi connectivity index (χ1v) is 7.28. The molecule has 0 aliphatic carbocycles. The van der Waals surface area contributed by atoms with E-state index in [-0.39, 0.29) is 6.04 Å². The molecule has 1 atom stereocenters. The minimum atomic E-state index is 0.197. The molecule has 0 saturated heterocycles. The predicted octanol–water partition coefficient (Wildman–Crippen LogP) is 2.56. The molecule has 0 aliphatic heterocycles. The highest BCUT2D eigenvalue weighted by Gasteiger charge is 2.17. The highest BCUT2D eigenvalue weighted by Crippen LogP contribution is 2.37. The number of benzene rings is 1. The highest BCUT2D eigenvalue weighted by molar-refractivity contribution is 7.99. The van der Waals surface area contributed by atoms with Crippen LogP contribution in [-0.2, 0) is 7.05 Å². The molecule has 0 aliphatic rings. The molecule has 1 N–H and O–H groups in total. The summed E-state index contributed by atoms with van der Waals surface area (Å²) in [6, 6.07) is 6.26. The van der Waals surface area contributed by atoms with Crippen molar-refractivity contribution in [2.24, 2.45) is 7.05 Å². The highest BCUT2D eigenvalue weighted by atomic mass is 32.2. The van der Waals surface area contributed by atoms with Crippen molar-refractivity contribution in [2.75, 3.05) is 14.2 Å². The molecule has 20 heavy (non-hydrogen) atoms. The van der Waals surface area contributed by atoms with E-state index in [0.29, 0.717) is 0 Å². The van der Waals surface area contributed by atoms with Crippen LogP contribution in [0, 0.1) is 6.92 Å². The third kappa shape index (κ3) is 2.81. The third-order valence-corrected chi connectivity index (χ3v) is 4.48. The molecule has 2 rings (SSSR count). The number of aryl methyl sites for hydroxylation is 1. The monoisotopic (exact) mass is 292 g/mol. The second-order valence-corrected chi connectivity index (χ2v) is 5.58. The number of nitrogens with zero attached hydrogens (tertiary/aromatic N) is 3. The van der Waals surface area contributed by atoms with E-state index in [1.54, 1.807) is 18.9 Å². The minimum absolute atomic E-state index is 0.197. The van der Waals surface area contributed by atoms with Crippen molar-refractivity contribution in [1.82, 2.24) is 20.1 Å². The summed E-state index contributed by atoms with van der Waals surface area (Å²) in [6.07, 6.45) is 0. The number of methoxy groups -OCH3 is 1. The van der Waals surface area contributed by atoms with E-state index in [9.17, 15) is 0 Å². The van der Waals surface area contributed by atoms with Crippen molar-refractivity contribution in [3.63, 3.8) is 0 Å². The van der Waals surface area contributed by atoms with Crippen LogP contribution in [0.3, 0.4) is 0 Å². The first kappa shape index (κ1) is 14.9. The maximum absolute atomic E-state index is 5.49. The molecule has 0 amide bonds. The van der Waals surface area contributed by atoms with Crippen molar-refractivity contribution in [3.05, 3.63) is 29.6 Å². The van der Waals surface area contributed by atoms with Crippen LogP contribution in [-0.4, -0.2) is 28.9 Å². The molecule has 1 unspecified atom stereocenters. The van der Waals surface area contributed by atoms with E-state index < -0.39 is 0 Å². The van der Waals surface area contributed by atoms with E-state index >= 15 is 0 Å². The Kier molecular flexibility index (Phi) is 4.67. The van der Waals surface area contributed by atoms with Crippen LogP contribution in [0.1, 0.15) is 24.4 Å². The van der Waals surface area contributed by atoms with Crippen molar-refractivity contribution in [3.8, 4) is 5.75 Å². The van der Waals surface area contributed by atoms with Crippen molar-refractivity contribution < 1.29 is 4.74 Å². The van der Waals surface area contributed by atoms with Gasteiger partial charge < -0.3 is 14.6 Å². The molecule has 0 spiro atoms. The van der Waals surface area contributed by atoms with Gasteiger partial charge in [-0.2, -0.15) is 0 Å². The van der Waals surface area contributed by atoms with E-state index in [1.165, 1.54) is 0 Å². The Labute approximate surface area is 123 Å². The van der Waals surface area contributed by atoms with Gasteiger partial charge in [0.1, 0.15) is 11.6 Å². The molecule has 0 saturated carbocycles. The maximum atomic E-state index is 5.49. The first-order valence-electron chi connectivity index (χ1n) is 6.46. The van der Waals surface area contributed by atoms with E-state index in [1.807, 2.05) is 37.7 Å². The van der Waals surface area contributed by atoms with E-state index in [2.05, 4.69) is 28.5 Å². The smallest absolute Gasteiger partial charge is 0.195 e. The number of rotatable bonds is 5. The van der Waals surface area contributed by atoms with Crippen molar-refractivity contribution in [1.29, 1.82) is 0 Å². The molecule has 0 fully saturated rings. The lowest BCUT2D eigenvalue weighted by Gasteiger charge is -2.18. The molecule has 2 aromatic rings. The van der Waals surface area contributed by atoms with Gasteiger partial charge in [-0.25, -0.2) is 0 Å². The maximum Gasteiger partial charge on any atom is 0.195 e. The zero-order valence-corrected chi connectivity index (χ0v) is 13.3. The van der Waals surface area contributed by atoms with Crippen LogP contribution in [0.5, 0.6) is 5.75 Å². The molecule has 108 valence electrons. The summed E-state index contributed by atoms with van der Waals surface area (Å²) >= 11 is 1.60. The average molecular weight is 292 g/mol. The first-order chi connectivity index (χ1) is 9.58. The summed E-state index contributed by atoms with van der Waals surface area (Å²) in [5.41, 5.74) is 1.14. The van der Waals surface area contributed by atoms with Crippen molar-refractivity contribution >= 4 is 11.8 Å². The number of nitrogens with one attached hydrogen (secondary N) is 1. The van der Waals surface area contributed by atoms with Gasteiger partial charge in [-0.15, -0.1) is 10.2 Å². The van der Waals surface area contributed by atoms with Gasteiger partial charge in [0.2, 0.25) is 0 Å². The zero-order valence-electron chi connectivity index (χ0n) is 12.5. The van der Waals surface area contributed by atoms with E-state index in [4.69, 9.17) is 4.74 Å². The molecule has 1 heterocycles.